The molecule has 0 saturated heterocycles. The zero-order chi connectivity index (χ0) is 36.3. The third kappa shape index (κ3) is 34.9. The first-order valence-electron chi connectivity index (χ1n) is 19.7. The van der Waals surface area contributed by atoms with Crippen molar-refractivity contribution in [3.05, 3.63) is 12.2 Å². The molecule has 0 aliphatic carbocycles. The van der Waals surface area contributed by atoms with E-state index in [1.54, 1.807) is 0 Å². The van der Waals surface area contributed by atoms with Gasteiger partial charge in [0.15, 0.2) is 0 Å². The van der Waals surface area contributed by atoms with Gasteiger partial charge in [-0.2, -0.15) is 0 Å². The number of allylic oxidation sites excluding steroid dienone is 2. The topological polar surface area (TPSA) is 155 Å². The number of carbonyl (C=O) groups is 2. The summed E-state index contributed by atoms with van der Waals surface area (Å²) in [5.74, 6) is -1.78. The van der Waals surface area contributed by atoms with E-state index in [4.69, 9.17) is 24.8 Å². The van der Waals surface area contributed by atoms with Gasteiger partial charge in [0.1, 0.15) is 12.1 Å². The number of hydrogen-bond acceptors (Lipinski definition) is 8. The average molecular weight is 720 g/mol. The maximum atomic E-state index is 12.5. The van der Waals surface area contributed by atoms with Crippen LogP contribution in [0, 0.1) is 0 Å². The minimum absolute atomic E-state index is 0.0186. The molecule has 290 valence electrons. The van der Waals surface area contributed by atoms with Crippen molar-refractivity contribution >= 4 is 19.8 Å². The Morgan fingerprint density at radius 1 is 0.633 bits per heavy atom. The Hall–Kier alpha value is -1.29. The van der Waals surface area contributed by atoms with Crippen molar-refractivity contribution in [3.63, 3.8) is 0 Å². The van der Waals surface area contributed by atoms with Gasteiger partial charge in [0.2, 0.25) is 0 Å². The number of phosphoric ester groups is 1. The molecule has 0 aromatic rings. The Bertz CT molecular complexity index is 842. The Balaban J connectivity index is 4.20. The highest BCUT2D eigenvalue weighted by molar-refractivity contribution is 7.47. The summed E-state index contributed by atoms with van der Waals surface area (Å²) in [6.45, 7) is 3.82. The molecule has 3 atom stereocenters. The largest absolute Gasteiger partial charge is 0.480 e. The van der Waals surface area contributed by atoms with Gasteiger partial charge < -0.3 is 25.2 Å². The van der Waals surface area contributed by atoms with Gasteiger partial charge in [0.05, 0.1) is 19.8 Å². The van der Waals surface area contributed by atoms with Crippen LogP contribution < -0.4 is 5.73 Å². The Labute approximate surface area is 299 Å². The lowest BCUT2D eigenvalue weighted by atomic mass is 10.0. The molecule has 0 heterocycles. The summed E-state index contributed by atoms with van der Waals surface area (Å²) in [6.07, 6.45) is 34.1. The molecular formula is C38H74NO9P. The second-order valence-electron chi connectivity index (χ2n) is 13.4. The first-order valence-corrected chi connectivity index (χ1v) is 21.2. The number of carboxylic acid groups (broad SMARTS) is 1. The van der Waals surface area contributed by atoms with E-state index >= 15 is 0 Å². The summed E-state index contributed by atoms with van der Waals surface area (Å²) >= 11 is 0. The predicted molar refractivity (Wildman–Crippen MR) is 199 cm³/mol. The van der Waals surface area contributed by atoms with Crippen molar-refractivity contribution < 1.29 is 42.7 Å². The van der Waals surface area contributed by atoms with Crippen LogP contribution in [0.4, 0.5) is 0 Å². The van der Waals surface area contributed by atoms with Gasteiger partial charge >= 0.3 is 19.8 Å². The molecule has 0 aromatic carbocycles. The fourth-order valence-electron chi connectivity index (χ4n) is 5.43. The molecule has 11 heteroatoms. The highest BCUT2D eigenvalue weighted by atomic mass is 31.2. The first-order chi connectivity index (χ1) is 23.7. The van der Waals surface area contributed by atoms with Gasteiger partial charge in [-0.25, -0.2) is 4.57 Å². The Morgan fingerprint density at radius 3 is 1.63 bits per heavy atom. The van der Waals surface area contributed by atoms with Crippen molar-refractivity contribution in [3.8, 4) is 0 Å². The van der Waals surface area contributed by atoms with E-state index in [-0.39, 0.29) is 13.0 Å². The van der Waals surface area contributed by atoms with Crippen molar-refractivity contribution in [2.45, 2.75) is 193 Å². The highest BCUT2D eigenvalue weighted by Crippen LogP contribution is 2.43. The lowest BCUT2D eigenvalue weighted by Gasteiger charge is -2.20. The van der Waals surface area contributed by atoms with Crippen LogP contribution >= 0.6 is 7.82 Å². The van der Waals surface area contributed by atoms with Crippen LogP contribution in [0.25, 0.3) is 0 Å². The zero-order valence-corrected chi connectivity index (χ0v) is 32.2. The quantitative estimate of drug-likeness (QED) is 0.0243. The van der Waals surface area contributed by atoms with Gasteiger partial charge in [0, 0.05) is 13.0 Å². The molecule has 0 aliphatic heterocycles. The van der Waals surface area contributed by atoms with Gasteiger partial charge in [-0.3, -0.25) is 18.6 Å². The summed E-state index contributed by atoms with van der Waals surface area (Å²) < 4.78 is 33.2. The number of nitrogens with two attached hydrogens (primary N) is 1. The number of carbonyl (C=O) groups excluding carboxylic acids is 1. The van der Waals surface area contributed by atoms with E-state index in [2.05, 4.69) is 30.5 Å². The minimum Gasteiger partial charge on any atom is -0.480 e. The van der Waals surface area contributed by atoms with E-state index in [0.717, 1.165) is 57.8 Å². The van der Waals surface area contributed by atoms with Crippen LogP contribution in [0.15, 0.2) is 12.2 Å². The fourth-order valence-corrected chi connectivity index (χ4v) is 6.21. The third-order valence-corrected chi connectivity index (χ3v) is 9.48. The molecule has 0 saturated carbocycles. The van der Waals surface area contributed by atoms with Crippen LogP contribution in [0.2, 0.25) is 0 Å². The Morgan fingerprint density at radius 2 is 1.10 bits per heavy atom. The number of phosphoric acid groups is 1. The van der Waals surface area contributed by atoms with Crippen molar-refractivity contribution in [2.24, 2.45) is 5.73 Å². The summed E-state index contributed by atoms with van der Waals surface area (Å²) in [6, 6.07) is -1.47. The molecule has 0 fully saturated rings. The molecule has 49 heavy (non-hydrogen) atoms. The molecule has 0 rings (SSSR count). The van der Waals surface area contributed by atoms with E-state index in [0.29, 0.717) is 13.0 Å². The second kappa shape index (κ2) is 35.1. The normalized spacial score (nSPS) is 14.2. The number of carboxylic acids is 1. The minimum atomic E-state index is -4.60. The summed E-state index contributed by atoms with van der Waals surface area (Å²) in [5, 5.41) is 8.86. The second-order valence-corrected chi connectivity index (χ2v) is 14.9. The average Bonchev–Trinajstić information content (AvgIpc) is 3.07. The van der Waals surface area contributed by atoms with E-state index in [9.17, 15) is 19.0 Å². The summed E-state index contributed by atoms with van der Waals surface area (Å²) in [4.78, 5) is 33.3. The van der Waals surface area contributed by atoms with E-state index in [1.807, 2.05) is 0 Å². The van der Waals surface area contributed by atoms with E-state index in [1.165, 1.54) is 96.3 Å². The number of esters is 1. The van der Waals surface area contributed by atoms with Crippen molar-refractivity contribution in [1.29, 1.82) is 0 Å². The molecule has 4 N–H and O–H groups in total. The fraction of sp³-hybridized carbons (Fsp3) is 0.895. The maximum absolute atomic E-state index is 12.5. The van der Waals surface area contributed by atoms with Crippen LogP contribution in [-0.2, 0) is 32.7 Å². The summed E-state index contributed by atoms with van der Waals surface area (Å²) in [7, 11) is -4.60. The zero-order valence-electron chi connectivity index (χ0n) is 31.3. The molecule has 10 nitrogen and oxygen atoms in total. The van der Waals surface area contributed by atoms with Gasteiger partial charge in [0.25, 0.3) is 0 Å². The standard InChI is InChI=1S/C38H74NO9P/c1-3-5-7-9-11-13-15-16-17-18-19-20-21-23-25-27-29-31-45-32-35(33-46-49(43,44)47-34-36(39)38(41)42)48-37(40)30-28-26-24-22-14-12-10-8-6-4-2/h8,10,35-36H,3-7,9,11-34,39H2,1-2H3,(H,41,42)(H,43,44)/b10-8-. The third-order valence-electron chi connectivity index (χ3n) is 8.53. The lowest BCUT2D eigenvalue weighted by Crippen LogP contribution is -2.34. The lowest BCUT2D eigenvalue weighted by molar-refractivity contribution is -0.154. The van der Waals surface area contributed by atoms with Crippen LogP contribution in [0.5, 0.6) is 0 Å². The number of rotatable bonds is 38. The van der Waals surface area contributed by atoms with Crippen molar-refractivity contribution in [2.75, 3.05) is 26.4 Å². The molecule has 3 unspecified atom stereocenters. The maximum Gasteiger partial charge on any atom is 0.472 e. The SMILES string of the molecule is CCC/C=C\CCCCCCCC(=O)OC(COCCCCCCCCCCCCCCCCCCC)COP(=O)(O)OCC(N)C(=O)O. The predicted octanol–water partition coefficient (Wildman–Crippen LogP) is 10.2. The Kier molecular flexibility index (Phi) is 34.2. The molecule has 0 radical (unpaired) electrons. The van der Waals surface area contributed by atoms with Gasteiger partial charge in [-0.15, -0.1) is 0 Å². The molecule has 0 spiro atoms. The molecule has 0 aromatic heterocycles. The number of aliphatic carboxylic acids is 1. The molecule has 0 bridgehead atoms. The van der Waals surface area contributed by atoms with Crippen molar-refractivity contribution in [1.82, 2.24) is 0 Å². The van der Waals surface area contributed by atoms with Gasteiger partial charge in [-0.05, 0) is 32.1 Å². The first kappa shape index (κ1) is 47.7. The molecule has 0 aliphatic rings. The molecular weight excluding hydrogens is 645 g/mol. The van der Waals surface area contributed by atoms with Crippen LogP contribution in [0.3, 0.4) is 0 Å². The number of unbranched alkanes of at least 4 members (excludes halogenated alkanes) is 22. The smallest absolute Gasteiger partial charge is 0.472 e. The van der Waals surface area contributed by atoms with Crippen LogP contribution in [-0.4, -0.2) is 60.5 Å². The number of hydrogen-bond donors (Lipinski definition) is 3. The van der Waals surface area contributed by atoms with E-state index < -0.39 is 45.1 Å². The molecule has 0 amide bonds. The number of ether oxygens (including phenoxy) is 2. The van der Waals surface area contributed by atoms with Gasteiger partial charge in [-0.1, -0.05) is 154 Å². The summed E-state index contributed by atoms with van der Waals surface area (Å²) in [5.41, 5.74) is 5.33. The monoisotopic (exact) mass is 720 g/mol. The highest BCUT2D eigenvalue weighted by Gasteiger charge is 2.27. The van der Waals surface area contributed by atoms with Crippen LogP contribution in [0.1, 0.15) is 181 Å².